The zero-order valence-corrected chi connectivity index (χ0v) is 11.5. The van der Waals surface area contributed by atoms with Gasteiger partial charge in [-0.25, -0.2) is 0 Å². The Morgan fingerprint density at radius 1 is 1.18 bits per heavy atom. The maximum Gasteiger partial charge on any atom is 0.138 e. The molecule has 0 aliphatic carbocycles. The van der Waals surface area contributed by atoms with Crippen molar-refractivity contribution in [2.45, 2.75) is 41.0 Å². The molecule has 2 nitrogen and oxygen atoms in total. The number of hydrogen-bond acceptors (Lipinski definition) is 2. The number of Topliss-reactive ketones (excluding diaryl/α,β-unsaturated/α-hetero) is 1. The van der Waals surface area contributed by atoms with Crippen LogP contribution in [0.5, 0.6) is 5.75 Å². The predicted molar refractivity (Wildman–Crippen MR) is 70.6 cm³/mol. The average Bonchev–Trinajstić information content (AvgIpc) is 2.28. The third-order valence-electron chi connectivity index (χ3n) is 3.11. The van der Waals surface area contributed by atoms with Crippen molar-refractivity contribution in [1.82, 2.24) is 0 Å². The van der Waals surface area contributed by atoms with E-state index < -0.39 is 0 Å². The molecular formula is C15H22O2. The number of benzene rings is 1. The first-order valence-electron chi connectivity index (χ1n) is 6.15. The highest BCUT2D eigenvalue weighted by Gasteiger charge is 2.09. The zero-order chi connectivity index (χ0) is 13.0. The number of aryl methyl sites for hydroxylation is 2. The fourth-order valence-electron chi connectivity index (χ4n) is 1.69. The third kappa shape index (κ3) is 3.58. The quantitative estimate of drug-likeness (QED) is 0.778. The van der Waals surface area contributed by atoms with E-state index in [0.29, 0.717) is 13.0 Å². The van der Waals surface area contributed by atoms with E-state index in [1.807, 2.05) is 20.8 Å². The molecule has 0 aliphatic heterocycles. The topological polar surface area (TPSA) is 26.3 Å². The monoisotopic (exact) mass is 234 g/mol. The molecule has 94 valence electrons. The second-order valence-corrected chi connectivity index (χ2v) is 4.87. The molecule has 1 rings (SSSR count). The normalized spacial score (nSPS) is 10.7. The second kappa shape index (κ2) is 5.85. The fraction of sp³-hybridized carbons (Fsp3) is 0.533. The summed E-state index contributed by atoms with van der Waals surface area (Å²) in [5.41, 5.74) is 3.52. The average molecular weight is 234 g/mol. The van der Waals surface area contributed by atoms with Gasteiger partial charge in [0.2, 0.25) is 0 Å². The van der Waals surface area contributed by atoms with Gasteiger partial charge in [-0.05, 0) is 37.5 Å². The molecule has 2 heteroatoms. The molecule has 0 atom stereocenters. The van der Waals surface area contributed by atoms with Crippen molar-refractivity contribution in [1.29, 1.82) is 0 Å². The van der Waals surface area contributed by atoms with Crippen LogP contribution < -0.4 is 4.74 Å². The van der Waals surface area contributed by atoms with E-state index in [9.17, 15) is 4.79 Å². The summed E-state index contributed by atoms with van der Waals surface area (Å²) < 4.78 is 5.75. The van der Waals surface area contributed by atoms with Crippen molar-refractivity contribution in [2.24, 2.45) is 5.92 Å². The minimum Gasteiger partial charge on any atom is -0.493 e. The van der Waals surface area contributed by atoms with Crippen molar-refractivity contribution >= 4 is 5.78 Å². The smallest absolute Gasteiger partial charge is 0.138 e. The molecule has 17 heavy (non-hydrogen) atoms. The first-order valence-corrected chi connectivity index (χ1v) is 6.15. The number of hydrogen-bond donors (Lipinski definition) is 0. The number of rotatable bonds is 5. The zero-order valence-electron chi connectivity index (χ0n) is 11.5. The molecule has 0 bridgehead atoms. The van der Waals surface area contributed by atoms with Crippen LogP contribution >= 0.6 is 0 Å². The lowest BCUT2D eigenvalue weighted by Crippen LogP contribution is -2.12. The largest absolute Gasteiger partial charge is 0.493 e. The Balaban J connectivity index is 2.64. The molecule has 0 aliphatic rings. The molecule has 0 N–H and O–H groups in total. The lowest BCUT2D eigenvalue weighted by Gasteiger charge is -2.14. The van der Waals surface area contributed by atoms with E-state index in [1.54, 1.807) is 0 Å². The molecule has 0 radical (unpaired) electrons. The summed E-state index contributed by atoms with van der Waals surface area (Å²) in [6.45, 7) is 10.5. The summed E-state index contributed by atoms with van der Waals surface area (Å²) in [5.74, 6) is 1.29. The van der Waals surface area contributed by atoms with Gasteiger partial charge < -0.3 is 4.74 Å². The van der Waals surface area contributed by atoms with E-state index in [2.05, 4.69) is 26.0 Å². The Bertz CT molecular complexity index is 406. The Morgan fingerprint density at radius 2 is 1.76 bits per heavy atom. The fourth-order valence-corrected chi connectivity index (χ4v) is 1.69. The van der Waals surface area contributed by atoms with Crippen LogP contribution in [0.15, 0.2) is 12.1 Å². The molecule has 0 saturated heterocycles. The van der Waals surface area contributed by atoms with Crippen molar-refractivity contribution in [3.05, 3.63) is 28.8 Å². The van der Waals surface area contributed by atoms with Gasteiger partial charge >= 0.3 is 0 Å². The van der Waals surface area contributed by atoms with E-state index in [4.69, 9.17) is 4.74 Å². The second-order valence-electron chi connectivity index (χ2n) is 4.87. The Hall–Kier alpha value is -1.31. The summed E-state index contributed by atoms with van der Waals surface area (Å²) in [4.78, 5) is 11.5. The molecule has 1 aromatic carbocycles. The summed E-state index contributed by atoms with van der Waals surface area (Å²) in [6, 6.07) is 4.15. The van der Waals surface area contributed by atoms with Gasteiger partial charge in [-0.2, -0.15) is 0 Å². The first kappa shape index (κ1) is 13.8. The van der Waals surface area contributed by atoms with Crippen LogP contribution in [0, 0.1) is 26.7 Å². The summed E-state index contributed by atoms with van der Waals surface area (Å²) in [7, 11) is 0. The van der Waals surface area contributed by atoms with E-state index in [0.717, 1.165) is 11.3 Å². The highest BCUT2D eigenvalue weighted by Crippen LogP contribution is 2.25. The predicted octanol–water partition coefficient (Wildman–Crippen LogP) is 3.61. The number of ketones is 1. The van der Waals surface area contributed by atoms with Crippen LogP contribution in [0.2, 0.25) is 0 Å². The minimum atomic E-state index is 0.0957. The lowest BCUT2D eigenvalue weighted by atomic mass is 10.0. The Kier molecular flexibility index (Phi) is 4.73. The minimum absolute atomic E-state index is 0.0957. The molecule has 0 aromatic heterocycles. The van der Waals surface area contributed by atoms with Gasteiger partial charge in [0.1, 0.15) is 11.5 Å². The summed E-state index contributed by atoms with van der Waals surface area (Å²) in [6.07, 6.45) is 0.491. The van der Waals surface area contributed by atoms with Crippen LogP contribution in [0.1, 0.15) is 37.0 Å². The maximum absolute atomic E-state index is 11.5. The molecule has 0 saturated carbocycles. The third-order valence-corrected chi connectivity index (χ3v) is 3.11. The van der Waals surface area contributed by atoms with Crippen molar-refractivity contribution < 1.29 is 9.53 Å². The molecule has 1 aromatic rings. The van der Waals surface area contributed by atoms with E-state index >= 15 is 0 Å². The van der Waals surface area contributed by atoms with Gasteiger partial charge in [-0.1, -0.05) is 26.0 Å². The van der Waals surface area contributed by atoms with Gasteiger partial charge in [-0.15, -0.1) is 0 Å². The first-order chi connectivity index (χ1) is 7.93. The van der Waals surface area contributed by atoms with Crippen LogP contribution in [-0.2, 0) is 4.79 Å². The molecule has 0 unspecified atom stereocenters. The molecule has 0 amide bonds. The van der Waals surface area contributed by atoms with Gasteiger partial charge in [0, 0.05) is 12.3 Å². The number of ether oxygens (including phenoxy) is 1. The summed E-state index contributed by atoms with van der Waals surface area (Å²) >= 11 is 0. The molecule has 0 fully saturated rings. The SMILES string of the molecule is Cc1ccc(C)c(OCCC(=O)C(C)C)c1C. The van der Waals surface area contributed by atoms with Crippen LogP contribution in [0.3, 0.4) is 0 Å². The van der Waals surface area contributed by atoms with E-state index in [-0.39, 0.29) is 11.7 Å². The van der Waals surface area contributed by atoms with Crippen LogP contribution in [0.25, 0.3) is 0 Å². The van der Waals surface area contributed by atoms with Gasteiger partial charge in [-0.3, -0.25) is 4.79 Å². The molecule has 0 heterocycles. The van der Waals surface area contributed by atoms with Gasteiger partial charge in [0.25, 0.3) is 0 Å². The van der Waals surface area contributed by atoms with Crippen molar-refractivity contribution in [3.8, 4) is 5.75 Å². The van der Waals surface area contributed by atoms with Crippen LogP contribution in [0.4, 0.5) is 0 Å². The van der Waals surface area contributed by atoms with Gasteiger partial charge in [0.05, 0.1) is 6.61 Å². The number of carbonyl (C=O) groups excluding carboxylic acids is 1. The maximum atomic E-state index is 11.5. The van der Waals surface area contributed by atoms with Gasteiger partial charge in [0.15, 0.2) is 0 Å². The van der Waals surface area contributed by atoms with E-state index in [1.165, 1.54) is 11.1 Å². The molecule has 0 spiro atoms. The lowest BCUT2D eigenvalue weighted by molar-refractivity contribution is -0.122. The van der Waals surface area contributed by atoms with Crippen LogP contribution in [-0.4, -0.2) is 12.4 Å². The molecular weight excluding hydrogens is 212 g/mol. The van der Waals surface area contributed by atoms with Crippen molar-refractivity contribution in [3.63, 3.8) is 0 Å². The highest BCUT2D eigenvalue weighted by molar-refractivity contribution is 5.80. The Labute approximate surface area is 104 Å². The summed E-state index contributed by atoms with van der Waals surface area (Å²) in [5, 5.41) is 0. The van der Waals surface area contributed by atoms with Crippen molar-refractivity contribution in [2.75, 3.05) is 6.61 Å². The highest BCUT2D eigenvalue weighted by atomic mass is 16.5. The Morgan fingerprint density at radius 3 is 2.35 bits per heavy atom. The number of carbonyl (C=O) groups is 1. The standard InChI is InChI=1S/C15H22O2/c1-10(2)14(16)8-9-17-15-12(4)7-6-11(3)13(15)5/h6-7,10H,8-9H2,1-5H3.